The highest BCUT2D eigenvalue weighted by molar-refractivity contribution is 5.71. The van der Waals surface area contributed by atoms with Crippen LogP contribution in [0.5, 0.6) is 0 Å². The fourth-order valence-electron chi connectivity index (χ4n) is 14.7. The lowest BCUT2D eigenvalue weighted by Gasteiger charge is -2.25. The molecule has 0 spiro atoms. The van der Waals surface area contributed by atoms with E-state index in [2.05, 4.69) is 26.0 Å². The Bertz CT molecular complexity index is 1680. The molecule has 0 aromatic rings. The van der Waals surface area contributed by atoms with E-state index in [1.165, 1.54) is 443 Å². The van der Waals surface area contributed by atoms with Crippen LogP contribution in [-0.4, -0.2) is 87.4 Å². The standard InChI is InChI=1S/C93H181NO8/c1-6-8-10-12-14-16-18-20-22-24-26-28-30-32-34-36-38-40-42-44-45-46-48-49-51-53-55-57-59-61-63-65-67-69-71-73-75-77-79-81-83-90(95)100-87-89(88-101-93(92(97)98)99-86-85-94(3,4)5)102-91(96)84-82-80-78-76-74-72-70-68-66-64-62-60-58-56-54-52-50-47-43-41-39-37-35-33-31-29-27-25-23-21-19-17-15-13-11-9-7-2/h25,27,89,93H,6-24,26,28-88H2,1-5H3/p+1/b27-25-. The third-order valence-electron chi connectivity index (χ3n) is 21.8. The minimum atomic E-state index is -1.51. The first-order valence-corrected chi connectivity index (χ1v) is 46.4. The van der Waals surface area contributed by atoms with Crippen molar-refractivity contribution in [2.45, 2.75) is 521 Å². The lowest BCUT2D eigenvalue weighted by molar-refractivity contribution is -0.870. The number of unbranched alkanes of at least 4 members (excludes halogenated alkanes) is 72. The number of ether oxygens (including phenoxy) is 4. The van der Waals surface area contributed by atoms with Crippen LogP contribution in [0.2, 0.25) is 0 Å². The molecule has 0 fully saturated rings. The average molecular weight is 1440 g/mol. The summed E-state index contributed by atoms with van der Waals surface area (Å²) in [6, 6.07) is 0. The number of allylic oxidation sites excluding steroid dienone is 2. The van der Waals surface area contributed by atoms with E-state index in [-0.39, 0.29) is 38.2 Å². The van der Waals surface area contributed by atoms with Gasteiger partial charge in [-0.15, -0.1) is 0 Å². The molecule has 0 rings (SSSR count). The average Bonchev–Trinajstić information content (AvgIpc) is 1.02. The third-order valence-corrected chi connectivity index (χ3v) is 21.8. The van der Waals surface area contributed by atoms with Crippen LogP contribution in [0.25, 0.3) is 0 Å². The summed E-state index contributed by atoms with van der Waals surface area (Å²) in [7, 11) is 6.01. The van der Waals surface area contributed by atoms with Crippen molar-refractivity contribution in [3.63, 3.8) is 0 Å². The van der Waals surface area contributed by atoms with Gasteiger partial charge in [0.05, 0.1) is 34.4 Å². The molecule has 0 aromatic carbocycles. The van der Waals surface area contributed by atoms with E-state index >= 15 is 0 Å². The lowest BCUT2D eigenvalue weighted by Crippen LogP contribution is -2.40. The lowest BCUT2D eigenvalue weighted by atomic mass is 10.0. The summed E-state index contributed by atoms with van der Waals surface area (Å²) in [6.45, 7) is 4.99. The molecule has 1 N–H and O–H groups in total. The molecule has 0 saturated heterocycles. The van der Waals surface area contributed by atoms with Gasteiger partial charge in [0, 0.05) is 12.8 Å². The third kappa shape index (κ3) is 85.3. The number of carboxylic acids is 1. The number of hydrogen-bond donors (Lipinski definition) is 1. The number of hydrogen-bond acceptors (Lipinski definition) is 7. The van der Waals surface area contributed by atoms with E-state index in [0.717, 1.165) is 38.5 Å². The van der Waals surface area contributed by atoms with Crippen LogP contribution in [0, 0.1) is 0 Å². The van der Waals surface area contributed by atoms with Crippen molar-refractivity contribution in [2.24, 2.45) is 0 Å². The fourth-order valence-corrected chi connectivity index (χ4v) is 14.7. The summed E-state index contributed by atoms with van der Waals surface area (Å²) in [5.74, 6) is -1.96. The highest BCUT2D eigenvalue weighted by Crippen LogP contribution is 2.22. The normalized spacial score (nSPS) is 12.5. The van der Waals surface area contributed by atoms with Crippen LogP contribution in [0.3, 0.4) is 0 Å². The van der Waals surface area contributed by atoms with Crippen LogP contribution in [0.1, 0.15) is 508 Å². The smallest absolute Gasteiger partial charge is 0.361 e. The number of carbonyl (C=O) groups is 3. The summed E-state index contributed by atoms with van der Waals surface area (Å²) in [5, 5.41) is 9.80. The molecule has 0 aliphatic rings. The minimum Gasteiger partial charge on any atom is -0.477 e. The molecule has 606 valence electrons. The van der Waals surface area contributed by atoms with Gasteiger partial charge in [0.15, 0.2) is 6.10 Å². The van der Waals surface area contributed by atoms with Crippen molar-refractivity contribution in [3.8, 4) is 0 Å². The second kappa shape index (κ2) is 84.7. The highest BCUT2D eigenvalue weighted by atomic mass is 16.7. The molecule has 9 nitrogen and oxygen atoms in total. The largest absolute Gasteiger partial charge is 0.477 e. The number of rotatable bonds is 89. The summed E-state index contributed by atoms with van der Waals surface area (Å²) >= 11 is 0. The Morgan fingerprint density at radius 1 is 0.284 bits per heavy atom. The number of likely N-dealkylation sites (N-methyl/N-ethyl adjacent to an activating group) is 1. The molecular weight excluding hydrogens is 1260 g/mol. The van der Waals surface area contributed by atoms with Gasteiger partial charge in [0.1, 0.15) is 13.2 Å². The molecule has 0 aliphatic heterocycles. The number of esters is 2. The molecule has 0 heterocycles. The van der Waals surface area contributed by atoms with Gasteiger partial charge >= 0.3 is 17.9 Å². The Hall–Kier alpha value is -1.97. The Labute approximate surface area is 637 Å². The summed E-state index contributed by atoms with van der Waals surface area (Å²) in [5.41, 5.74) is 0. The van der Waals surface area contributed by atoms with Crippen molar-refractivity contribution in [1.82, 2.24) is 0 Å². The predicted octanol–water partition coefficient (Wildman–Crippen LogP) is 30.2. The monoisotopic (exact) mass is 1440 g/mol. The number of nitrogens with zero attached hydrogens (tertiary/aromatic N) is 1. The van der Waals surface area contributed by atoms with E-state index in [4.69, 9.17) is 18.9 Å². The number of quaternary nitrogens is 1. The molecule has 0 saturated carbocycles. The molecule has 9 heteroatoms. The number of aliphatic carboxylic acids is 1. The van der Waals surface area contributed by atoms with E-state index in [9.17, 15) is 19.5 Å². The quantitative estimate of drug-likeness (QED) is 0.0211. The Morgan fingerprint density at radius 2 is 0.500 bits per heavy atom. The maximum absolute atomic E-state index is 13.0. The van der Waals surface area contributed by atoms with Gasteiger partial charge in [-0.1, -0.05) is 469 Å². The van der Waals surface area contributed by atoms with E-state index in [1.54, 1.807) is 0 Å². The molecule has 0 aromatic heterocycles. The molecule has 0 amide bonds. The van der Waals surface area contributed by atoms with Gasteiger partial charge in [-0.2, -0.15) is 0 Å². The van der Waals surface area contributed by atoms with E-state index in [1.807, 2.05) is 21.1 Å². The first-order valence-electron chi connectivity index (χ1n) is 46.4. The fraction of sp³-hybridized carbons (Fsp3) is 0.946. The second-order valence-corrected chi connectivity index (χ2v) is 33.3. The summed E-state index contributed by atoms with van der Waals surface area (Å²) in [4.78, 5) is 37.8. The molecule has 0 radical (unpaired) electrons. The van der Waals surface area contributed by atoms with Gasteiger partial charge < -0.3 is 28.5 Å². The minimum absolute atomic E-state index is 0.172. The van der Waals surface area contributed by atoms with Crippen LogP contribution >= 0.6 is 0 Å². The zero-order valence-electron chi connectivity index (χ0n) is 69.8. The Morgan fingerprint density at radius 3 is 0.725 bits per heavy atom. The molecular formula is C93H182NO8+. The zero-order chi connectivity index (χ0) is 73.9. The predicted molar refractivity (Wildman–Crippen MR) is 443 cm³/mol. The molecule has 0 aliphatic carbocycles. The van der Waals surface area contributed by atoms with Crippen LogP contribution in [-0.2, 0) is 33.3 Å². The Kier molecular flexibility index (Phi) is 83.0. The topological polar surface area (TPSA) is 108 Å². The molecule has 0 bridgehead atoms. The van der Waals surface area contributed by atoms with Crippen molar-refractivity contribution in [3.05, 3.63) is 12.2 Å². The van der Waals surface area contributed by atoms with Gasteiger partial charge in [0.2, 0.25) is 0 Å². The molecule has 102 heavy (non-hydrogen) atoms. The maximum Gasteiger partial charge on any atom is 0.361 e. The molecule has 2 atom stereocenters. The van der Waals surface area contributed by atoms with Crippen LogP contribution in [0.4, 0.5) is 0 Å². The van der Waals surface area contributed by atoms with E-state index < -0.39 is 18.4 Å². The highest BCUT2D eigenvalue weighted by Gasteiger charge is 2.25. The SMILES string of the molecule is CCCCCCCCCC/C=C\CCCCCCCCCCCCCCCCCCCCCCCCCCCC(=O)OC(COC(=O)CCCCCCCCCCCCCCCCCCCCCCCCCCCCCCCCCCCCCCCCCC)COC(OCC[N+](C)(C)C)C(=O)O. The van der Waals surface area contributed by atoms with Gasteiger partial charge in [-0.25, -0.2) is 4.79 Å². The zero-order valence-corrected chi connectivity index (χ0v) is 69.8. The molecule has 2 unspecified atom stereocenters. The summed E-state index contributed by atoms with van der Waals surface area (Å²) in [6.07, 6.45) is 106. The van der Waals surface area contributed by atoms with Crippen molar-refractivity contribution < 1.29 is 42.9 Å². The van der Waals surface area contributed by atoms with E-state index in [0.29, 0.717) is 17.4 Å². The van der Waals surface area contributed by atoms with Crippen molar-refractivity contribution in [2.75, 3.05) is 47.5 Å². The first kappa shape index (κ1) is 100. The van der Waals surface area contributed by atoms with Gasteiger partial charge in [0.25, 0.3) is 6.29 Å². The maximum atomic E-state index is 13.0. The Balaban J connectivity index is 3.86. The number of carbonyl (C=O) groups excluding carboxylic acids is 2. The van der Waals surface area contributed by atoms with Crippen LogP contribution in [0.15, 0.2) is 12.2 Å². The van der Waals surface area contributed by atoms with Crippen molar-refractivity contribution in [1.29, 1.82) is 0 Å². The second-order valence-electron chi connectivity index (χ2n) is 33.3. The van der Waals surface area contributed by atoms with Gasteiger partial charge in [-0.05, 0) is 38.5 Å². The first-order chi connectivity index (χ1) is 50.1. The van der Waals surface area contributed by atoms with Gasteiger partial charge in [-0.3, -0.25) is 9.59 Å². The summed E-state index contributed by atoms with van der Waals surface area (Å²) < 4.78 is 23.1. The number of carboxylic acid groups (broad SMARTS) is 1. The van der Waals surface area contributed by atoms with Crippen molar-refractivity contribution >= 4 is 17.9 Å². The van der Waals surface area contributed by atoms with Crippen LogP contribution < -0.4 is 0 Å².